The number of aliphatic hydroxyl groups is 1. The molecule has 0 aliphatic carbocycles. The highest BCUT2D eigenvalue weighted by atomic mass is 16.3. The molecule has 0 amide bonds. The fourth-order valence-corrected chi connectivity index (χ4v) is 4.56. The van der Waals surface area contributed by atoms with Crippen molar-refractivity contribution >= 4 is 17.1 Å². The van der Waals surface area contributed by atoms with Crippen LogP contribution in [0.15, 0.2) is 97.1 Å². The summed E-state index contributed by atoms with van der Waals surface area (Å²) in [7, 11) is 0. The van der Waals surface area contributed by atoms with Crippen LogP contribution in [0.2, 0.25) is 0 Å². The second kappa shape index (κ2) is 7.16. The average Bonchev–Trinajstić information content (AvgIpc) is 2.80. The summed E-state index contributed by atoms with van der Waals surface area (Å²) >= 11 is 0. The summed E-state index contributed by atoms with van der Waals surface area (Å²) in [5.74, 6) is 0. The zero-order valence-electron chi connectivity index (χ0n) is 17.3. The number of aliphatic hydroxyl groups excluding tert-OH is 1. The molecule has 0 saturated carbocycles. The highest BCUT2D eigenvalue weighted by Crippen LogP contribution is 2.51. The summed E-state index contributed by atoms with van der Waals surface area (Å²) in [4.78, 5) is 2.34. The number of hydrogen-bond donors (Lipinski definition) is 1. The van der Waals surface area contributed by atoms with E-state index >= 15 is 0 Å². The van der Waals surface area contributed by atoms with E-state index in [4.69, 9.17) is 0 Å². The van der Waals surface area contributed by atoms with Crippen molar-refractivity contribution in [3.63, 3.8) is 0 Å². The molecule has 4 aromatic carbocycles. The number of anilines is 3. The molecule has 0 atom stereocenters. The van der Waals surface area contributed by atoms with Crippen molar-refractivity contribution in [3.05, 3.63) is 114 Å². The molecule has 0 bridgehead atoms. The highest BCUT2D eigenvalue weighted by molar-refractivity contribution is 5.86. The van der Waals surface area contributed by atoms with Crippen molar-refractivity contribution in [2.24, 2.45) is 0 Å². The largest absolute Gasteiger partial charge is 0.392 e. The number of fused-ring (bicyclic) bond motifs is 2. The van der Waals surface area contributed by atoms with Gasteiger partial charge in [-0.2, -0.15) is 0 Å². The van der Waals surface area contributed by atoms with Crippen molar-refractivity contribution in [1.82, 2.24) is 0 Å². The Labute approximate surface area is 178 Å². The van der Waals surface area contributed by atoms with Crippen LogP contribution >= 0.6 is 0 Å². The summed E-state index contributed by atoms with van der Waals surface area (Å²) in [6, 6.07) is 34.2. The standard InChI is InChI=1S/C28H25NO/c1-28(2)24-10-6-7-11-26(24)29(27-17-12-20(19-30)18-25(27)28)23-15-13-22(14-16-23)21-8-4-3-5-9-21/h3-18,30H,19H2,1-2H3. The fourth-order valence-electron chi connectivity index (χ4n) is 4.56. The van der Waals surface area contributed by atoms with Gasteiger partial charge < -0.3 is 10.0 Å². The zero-order valence-corrected chi connectivity index (χ0v) is 17.3. The van der Waals surface area contributed by atoms with Crippen molar-refractivity contribution in [3.8, 4) is 11.1 Å². The first kappa shape index (κ1) is 18.7. The quantitative estimate of drug-likeness (QED) is 0.408. The van der Waals surface area contributed by atoms with Gasteiger partial charge in [0.05, 0.1) is 18.0 Å². The Kier molecular flexibility index (Phi) is 4.45. The van der Waals surface area contributed by atoms with Crippen LogP contribution in [0.25, 0.3) is 11.1 Å². The molecule has 1 aliphatic heterocycles. The predicted octanol–water partition coefficient (Wildman–Crippen LogP) is 6.96. The molecule has 0 spiro atoms. The molecule has 2 heteroatoms. The molecule has 0 saturated heterocycles. The zero-order chi connectivity index (χ0) is 20.7. The molecule has 148 valence electrons. The molecule has 0 unspecified atom stereocenters. The van der Waals surface area contributed by atoms with Gasteiger partial charge in [0.2, 0.25) is 0 Å². The van der Waals surface area contributed by atoms with Crippen molar-refractivity contribution in [2.75, 3.05) is 4.90 Å². The number of rotatable bonds is 3. The summed E-state index contributed by atoms with van der Waals surface area (Å²) in [5.41, 5.74) is 9.27. The molecule has 0 fully saturated rings. The monoisotopic (exact) mass is 391 g/mol. The average molecular weight is 392 g/mol. The van der Waals surface area contributed by atoms with Gasteiger partial charge in [-0.3, -0.25) is 0 Å². The molecule has 5 rings (SSSR count). The van der Waals surface area contributed by atoms with Gasteiger partial charge in [-0.1, -0.05) is 86.6 Å². The summed E-state index contributed by atoms with van der Waals surface area (Å²) in [5, 5.41) is 9.71. The van der Waals surface area contributed by atoms with E-state index in [9.17, 15) is 5.11 Å². The van der Waals surface area contributed by atoms with Crippen LogP contribution in [0.5, 0.6) is 0 Å². The number of benzene rings is 4. The molecule has 1 aliphatic rings. The van der Waals surface area contributed by atoms with Crippen molar-refractivity contribution in [2.45, 2.75) is 25.9 Å². The predicted molar refractivity (Wildman–Crippen MR) is 125 cm³/mol. The lowest BCUT2D eigenvalue weighted by Crippen LogP contribution is -2.30. The Hall–Kier alpha value is -3.36. The van der Waals surface area contributed by atoms with Gasteiger partial charge >= 0.3 is 0 Å². The second-order valence-electron chi connectivity index (χ2n) is 8.40. The lowest BCUT2D eigenvalue weighted by atomic mass is 9.73. The molecule has 1 N–H and O–H groups in total. The Morgan fingerprint density at radius 2 is 1.30 bits per heavy atom. The maximum Gasteiger partial charge on any atom is 0.0681 e. The maximum atomic E-state index is 9.71. The number of hydrogen-bond acceptors (Lipinski definition) is 2. The van der Waals surface area contributed by atoms with E-state index in [0.29, 0.717) is 0 Å². The highest BCUT2D eigenvalue weighted by Gasteiger charge is 2.36. The van der Waals surface area contributed by atoms with Crippen LogP contribution in [0.3, 0.4) is 0 Å². The van der Waals surface area contributed by atoms with E-state index < -0.39 is 0 Å². The minimum atomic E-state index is -0.141. The maximum absolute atomic E-state index is 9.71. The number of nitrogens with zero attached hydrogens (tertiary/aromatic N) is 1. The minimum Gasteiger partial charge on any atom is -0.392 e. The Balaban J connectivity index is 1.67. The third-order valence-electron chi connectivity index (χ3n) is 6.21. The minimum absolute atomic E-state index is 0.0524. The summed E-state index contributed by atoms with van der Waals surface area (Å²) < 4.78 is 0. The Morgan fingerprint density at radius 1 is 0.667 bits per heavy atom. The molecule has 1 heterocycles. The number of para-hydroxylation sites is 1. The summed E-state index contributed by atoms with van der Waals surface area (Å²) in [6.45, 7) is 4.58. The van der Waals surface area contributed by atoms with Crippen LogP contribution in [-0.2, 0) is 12.0 Å². The van der Waals surface area contributed by atoms with E-state index in [2.05, 4.69) is 104 Å². The normalized spacial score (nSPS) is 14.2. The van der Waals surface area contributed by atoms with Crippen molar-refractivity contribution in [1.29, 1.82) is 0 Å². The van der Waals surface area contributed by atoms with Gasteiger partial charge in [0.25, 0.3) is 0 Å². The van der Waals surface area contributed by atoms with Gasteiger partial charge in [-0.05, 0) is 52.1 Å². The van der Waals surface area contributed by atoms with E-state index in [-0.39, 0.29) is 12.0 Å². The van der Waals surface area contributed by atoms with Gasteiger partial charge in [0.1, 0.15) is 0 Å². The van der Waals surface area contributed by atoms with E-state index in [1.54, 1.807) is 0 Å². The molecule has 2 nitrogen and oxygen atoms in total. The van der Waals surface area contributed by atoms with E-state index in [0.717, 1.165) is 11.3 Å². The first-order valence-corrected chi connectivity index (χ1v) is 10.4. The molecule has 0 radical (unpaired) electrons. The third-order valence-corrected chi connectivity index (χ3v) is 6.21. The van der Waals surface area contributed by atoms with E-state index in [1.165, 1.54) is 33.6 Å². The summed E-state index contributed by atoms with van der Waals surface area (Å²) in [6.07, 6.45) is 0. The first-order valence-electron chi connectivity index (χ1n) is 10.4. The van der Waals surface area contributed by atoms with Crippen LogP contribution in [0.1, 0.15) is 30.5 Å². The van der Waals surface area contributed by atoms with Gasteiger partial charge in [0, 0.05) is 11.1 Å². The lowest BCUT2D eigenvalue weighted by molar-refractivity contribution is 0.281. The first-order chi connectivity index (χ1) is 14.6. The van der Waals surface area contributed by atoms with Gasteiger partial charge in [0.15, 0.2) is 0 Å². The second-order valence-corrected chi connectivity index (χ2v) is 8.40. The van der Waals surface area contributed by atoms with Crippen LogP contribution < -0.4 is 4.90 Å². The Morgan fingerprint density at radius 3 is 2.03 bits per heavy atom. The van der Waals surface area contributed by atoms with Gasteiger partial charge in [-0.15, -0.1) is 0 Å². The third kappa shape index (κ3) is 2.92. The van der Waals surface area contributed by atoms with Crippen molar-refractivity contribution < 1.29 is 5.11 Å². The molecular weight excluding hydrogens is 366 g/mol. The van der Waals surface area contributed by atoms with Gasteiger partial charge in [-0.25, -0.2) is 0 Å². The smallest absolute Gasteiger partial charge is 0.0681 e. The molecule has 0 aromatic heterocycles. The Bertz CT molecular complexity index is 1190. The SMILES string of the molecule is CC1(C)c2ccccc2N(c2ccc(-c3ccccc3)cc2)c2ccc(CO)cc21. The molecule has 30 heavy (non-hydrogen) atoms. The van der Waals surface area contributed by atoms with Crippen LogP contribution in [-0.4, -0.2) is 5.11 Å². The lowest BCUT2D eigenvalue weighted by Gasteiger charge is -2.42. The molecule has 4 aromatic rings. The fraction of sp³-hybridized carbons (Fsp3) is 0.143. The van der Waals surface area contributed by atoms with Crippen LogP contribution in [0.4, 0.5) is 17.1 Å². The molecular formula is C28H25NO. The van der Waals surface area contributed by atoms with Crippen LogP contribution in [0, 0.1) is 0 Å². The topological polar surface area (TPSA) is 23.5 Å². The van der Waals surface area contributed by atoms with E-state index in [1.807, 2.05) is 12.1 Å².